The van der Waals surface area contributed by atoms with Gasteiger partial charge in [-0.3, -0.25) is 44.0 Å². The summed E-state index contributed by atoms with van der Waals surface area (Å²) in [7, 11) is 0. The first-order valence-electron chi connectivity index (χ1n) is 20.3. The van der Waals surface area contributed by atoms with E-state index in [1.165, 1.54) is 5.56 Å². The van der Waals surface area contributed by atoms with E-state index in [2.05, 4.69) is 45.5 Å². The maximum absolute atomic E-state index is 13.9. The summed E-state index contributed by atoms with van der Waals surface area (Å²) in [4.78, 5) is 77.0. The second-order valence-electron chi connectivity index (χ2n) is 17.2. The molecule has 14 heteroatoms. The van der Waals surface area contributed by atoms with Crippen LogP contribution in [-0.4, -0.2) is 112 Å². The van der Waals surface area contributed by atoms with Gasteiger partial charge in [-0.1, -0.05) is 30.3 Å². The number of rotatable bonds is 7. The third-order valence-electron chi connectivity index (χ3n) is 13.6. The highest BCUT2D eigenvalue weighted by atomic mass is 19.3. The van der Waals surface area contributed by atoms with Gasteiger partial charge in [0.2, 0.25) is 17.7 Å². The molecule has 3 fully saturated rings. The third kappa shape index (κ3) is 6.10. The number of benzene rings is 3. The first kappa shape index (κ1) is 36.8. The van der Waals surface area contributed by atoms with Crippen molar-refractivity contribution in [1.29, 1.82) is 0 Å². The number of para-hydroxylation sites is 1. The van der Waals surface area contributed by atoms with Crippen molar-refractivity contribution in [1.82, 2.24) is 29.9 Å². The molecule has 7 heterocycles. The number of hydrogen-bond donors (Lipinski definition) is 2. The monoisotopic (exact) mass is 789 g/mol. The molecule has 2 unspecified atom stereocenters. The summed E-state index contributed by atoms with van der Waals surface area (Å²) < 4.78 is 27.8. The number of hydrogen-bond acceptors (Lipinski definition) is 8. The number of fused-ring (bicyclic) bond motifs is 5. The molecule has 0 bridgehead atoms. The van der Waals surface area contributed by atoms with Crippen LogP contribution in [0.15, 0.2) is 60.7 Å². The summed E-state index contributed by atoms with van der Waals surface area (Å²) in [6.07, 6.45) is 0.400. The fraction of sp³-hybridized carbons (Fsp3) is 0.432. The SMILES string of the molecule is C[C@@H]1Cc2c([nH]c3ccccc23)C(c2ccc(N3CCC4(CC3)CN(C(=O)CN3Cc5cc6c(cc5C3)C(=O)N(C3CCC(=O)NC3=O)C6=O)C4)cc2)N1CC(F)F. The molecule has 300 valence electrons. The molecule has 2 N–H and O–H groups in total. The van der Waals surface area contributed by atoms with Gasteiger partial charge in [0.1, 0.15) is 6.04 Å². The number of aromatic amines is 1. The lowest BCUT2D eigenvalue weighted by Gasteiger charge is -2.54. The van der Waals surface area contributed by atoms with Gasteiger partial charge >= 0.3 is 0 Å². The Morgan fingerprint density at radius 3 is 2.24 bits per heavy atom. The average molecular weight is 790 g/mol. The quantitative estimate of drug-likeness (QED) is 0.260. The van der Waals surface area contributed by atoms with E-state index in [-0.39, 0.29) is 60.5 Å². The van der Waals surface area contributed by atoms with E-state index >= 15 is 0 Å². The van der Waals surface area contributed by atoms with E-state index in [0.29, 0.717) is 13.1 Å². The zero-order chi connectivity index (χ0) is 40.0. The van der Waals surface area contributed by atoms with Crippen LogP contribution in [0, 0.1) is 5.41 Å². The highest BCUT2D eigenvalue weighted by Crippen LogP contribution is 2.44. The summed E-state index contributed by atoms with van der Waals surface area (Å²) in [5.74, 6) is -2.04. The van der Waals surface area contributed by atoms with Crippen molar-refractivity contribution in [3.8, 4) is 0 Å². The standard InChI is InChI=1S/C44H45F2N7O5/c1-25-16-31-30-4-2-3-5-34(30)47-39(31)40(52(25)21-36(45)46)26-6-8-29(9-7-26)50-14-12-44(13-15-50)23-51(24-44)38(55)22-49-19-27-17-32-33(18-28(27)20-49)43(58)53(42(32)57)35-10-11-37(54)48-41(35)56/h2-9,17-18,25,35-36,40,47H,10-16,19-24H2,1H3,(H,48,54,56)/t25-,35?,40?/m1/s1. The Bertz CT molecular complexity index is 2340. The lowest BCUT2D eigenvalue weighted by Crippen LogP contribution is -2.63. The minimum Gasteiger partial charge on any atom is -0.371 e. The number of likely N-dealkylation sites (tertiary alicyclic amines) is 1. The number of amides is 5. The number of imide groups is 2. The predicted octanol–water partition coefficient (Wildman–Crippen LogP) is 4.61. The van der Waals surface area contributed by atoms with Crippen molar-refractivity contribution >= 4 is 46.1 Å². The van der Waals surface area contributed by atoms with Crippen molar-refractivity contribution in [2.45, 2.75) is 76.7 Å². The third-order valence-corrected chi connectivity index (χ3v) is 13.6. The van der Waals surface area contributed by atoms with E-state index < -0.39 is 36.1 Å². The number of anilines is 1. The zero-order valence-electron chi connectivity index (χ0n) is 32.3. The van der Waals surface area contributed by atoms with Crippen molar-refractivity contribution in [3.05, 3.63) is 99.7 Å². The number of alkyl halides is 2. The van der Waals surface area contributed by atoms with E-state index in [0.717, 1.165) is 89.3 Å². The Hall–Kier alpha value is -5.47. The Morgan fingerprint density at radius 2 is 1.59 bits per heavy atom. The molecule has 3 atom stereocenters. The first-order valence-corrected chi connectivity index (χ1v) is 20.3. The van der Waals surface area contributed by atoms with Gasteiger partial charge in [-0.25, -0.2) is 8.78 Å². The van der Waals surface area contributed by atoms with Crippen LogP contribution in [0.1, 0.15) is 87.3 Å². The topological polar surface area (TPSA) is 129 Å². The average Bonchev–Trinajstić information content (AvgIpc) is 3.83. The van der Waals surface area contributed by atoms with Crippen molar-refractivity contribution in [3.63, 3.8) is 0 Å². The van der Waals surface area contributed by atoms with Crippen LogP contribution in [-0.2, 0) is 33.9 Å². The fourth-order valence-corrected chi connectivity index (χ4v) is 10.5. The lowest BCUT2D eigenvalue weighted by atomic mass is 9.72. The first-order chi connectivity index (χ1) is 27.9. The maximum atomic E-state index is 13.9. The fourth-order valence-electron chi connectivity index (χ4n) is 10.5. The van der Waals surface area contributed by atoms with Crippen molar-refractivity contribution < 1.29 is 32.8 Å². The molecule has 58 heavy (non-hydrogen) atoms. The molecule has 4 aromatic rings. The van der Waals surface area contributed by atoms with Gasteiger partial charge in [-0.05, 0) is 85.2 Å². The number of piperidine rings is 2. The molecule has 6 aliphatic rings. The largest absolute Gasteiger partial charge is 0.371 e. The van der Waals surface area contributed by atoms with Crippen LogP contribution in [0.2, 0.25) is 0 Å². The normalized spacial score (nSPS) is 24.4. The van der Waals surface area contributed by atoms with E-state index in [4.69, 9.17) is 0 Å². The van der Waals surface area contributed by atoms with Crippen LogP contribution in [0.4, 0.5) is 14.5 Å². The number of halogens is 2. The summed E-state index contributed by atoms with van der Waals surface area (Å²) in [5, 5.41) is 3.38. The van der Waals surface area contributed by atoms with E-state index in [1.807, 2.05) is 39.8 Å². The number of carbonyl (C=O) groups excluding carboxylic acids is 5. The summed E-state index contributed by atoms with van der Waals surface area (Å²) in [6, 6.07) is 18.7. The Labute approximate surface area is 334 Å². The summed E-state index contributed by atoms with van der Waals surface area (Å²) in [6.45, 7) is 6.14. The molecule has 0 aliphatic carbocycles. The molecule has 1 aromatic heterocycles. The second-order valence-corrected chi connectivity index (χ2v) is 17.2. The van der Waals surface area contributed by atoms with Gasteiger partial charge in [-0.2, -0.15) is 0 Å². The summed E-state index contributed by atoms with van der Waals surface area (Å²) in [5.41, 5.74) is 7.73. The molecule has 1 spiro atoms. The molecule has 12 nitrogen and oxygen atoms in total. The minimum atomic E-state index is -2.43. The molecular weight excluding hydrogens is 745 g/mol. The smallest absolute Gasteiger partial charge is 0.262 e. The number of carbonyl (C=O) groups is 5. The van der Waals surface area contributed by atoms with Crippen LogP contribution in [0.3, 0.4) is 0 Å². The molecule has 10 rings (SSSR count). The molecule has 5 amide bonds. The zero-order valence-corrected chi connectivity index (χ0v) is 32.3. The Kier molecular flexibility index (Phi) is 8.79. The maximum Gasteiger partial charge on any atom is 0.262 e. The van der Waals surface area contributed by atoms with Gasteiger partial charge in [0.25, 0.3) is 18.2 Å². The molecular formula is C44H45F2N7O5. The minimum absolute atomic E-state index is 0.0364. The second kappa shape index (κ2) is 13.8. The van der Waals surface area contributed by atoms with Gasteiger partial charge < -0.3 is 14.8 Å². The highest BCUT2D eigenvalue weighted by molar-refractivity contribution is 6.23. The number of nitrogens with zero attached hydrogens (tertiary/aromatic N) is 5. The van der Waals surface area contributed by atoms with Gasteiger partial charge in [-0.15, -0.1) is 0 Å². The lowest BCUT2D eigenvalue weighted by molar-refractivity contribution is -0.146. The molecule has 0 radical (unpaired) electrons. The predicted molar refractivity (Wildman–Crippen MR) is 210 cm³/mol. The van der Waals surface area contributed by atoms with Gasteiger partial charge in [0.05, 0.1) is 30.3 Å². The Morgan fingerprint density at radius 1 is 0.914 bits per heavy atom. The van der Waals surface area contributed by atoms with Crippen LogP contribution >= 0.6 is 0 Å². The number of aromatic nitrogens is 1. The van der Waals surface area contributed by atoms with Crippen LogP contribution < -0.4 is 10.2 Å². The molecule has 3 aromatic carbocycles. The highest BCUT2D eigenvalue weighted by Gasteiger charge is 2.48. The van der Waals surface area contributed by atoms with E-state index in [1.54, 1.807) is 12.1 Å². The number of nitrogens with one attached hydrogen (secondary N) is 2. The van der Waals surface area contributed by atoms with Crippen molar-refractivity contribution in [2.75, 3.05) is 44.2 Å². The van der Waals surface area contributed by atoms with Gasteiger partial charge in [0.15, 0.2) is 0 Å². The molecule has 6 aliphatic heterocycles. The Balaban J connectivity index is 0.743. The van der Waals surface area contributed by atoms with Crippen LogP contribution in [0.5, 0.6) is 0 Å². The molecule has 3 saturated heterocycles. The van der Waals surface area contributed by atoms with Gasteiger partial charge in [0, 0.05) is 79.4 Å². The molecule has 0 saturated carbocycles. The van der Waals surface area contributed by atoms with Crippen molar-refractivity contribution in [2.24, 2.45) is 5.41 Å². The van der Waals surface area contributed by atoms with Crippen LogP contribution in [0.25, 0.3) is 10.9 Å². The number of H-pyrrole nitrogens is 1. The van der Waals surface area contributed by atoms with E-state index in [9.17, 15) is 32.8 Å². The summed E-state index contributed by atoms with van der Waals surface area (Å²) >= 11 is 0.